The molecule has 0 spiro atoms. The number of amides is 1. The Morgan fingerprint density at radius 3 is 2.92 bits per heavy atom. The predicted molar refractivity (Wildman–Crippen MR) is 84.1 cm³/mol. The Hall–Kier alpha value is -2.35. The lowest BCUT2D eigenvalue weighted by Gasteiger charge is -2.33. The van der Waals surface area contributed by atoms with Gasteiger partial charge in [0.15, 0.2) is 0 Å². The lowest BCUT2D eigenvalue weighted by Crippen LogP contribution is -2.46. The van der Waals surface area contributed by atoms with Crippen LogP contribution >= 0.6 is 0 Å². The fourth-order valence-electron chi connectivity index (χ4n) is 2.90. The average molecular weight is 353 g/mol. The van der Waals surface area contributed by atoms with E-state index in [9.17, 15) is 18.0 Å². The number of H-pyrrole nitrogens is 1. The molecule has 0 bridgehead atoms. The Morgan fingerprint density at radius 2 is 2.24 bits per heavy atom. The number of nitrogens with zero attached hydrogens (tertiary/aromatic N) is 2. The van der Waals surface area contributed by atoms with Crippen molar-refractivity contribution in [1.82, 2.24) is 15.1 Å². The van der Waals surface area contributed by atoms with Crippen LogP contribution in [0.5, 0.6) is 0 Å². The number of halogens is 3. The zero-order chi connectivity index (χ0) is 18.0. The number of rotatable bonds is 3. The van der Waals surface area contributed by atoms with Gasteiger partial charge in [0.2, 0.25) is 0 Å². The van der Waals surface area contributed by atoms with Crippen molar-refractivity contribution in [3.63, 3.8) is 0 Å². The van der Waals surface area contributed by atoms with E-state index in [1.165, 1.54) is 12.3 Å². The first-order valence-electron chi connectivity index (χ1n) is 7.91. The summed E-state index contributed by atoms with van der Waals surface area (Å²) in [6.07, 6.45) is -2.91. The molecule has 1 fully saturated rings. The smallest absolute Gasteiger partial charge is 0.374 e. The predicted octanol–water partition coefficient (Wildman–Crippen LogP) is 2.82. The van der Waals surface area contributed by atoms with Gasteiger partial charge in [0.05, 0.1) is 30.0 Å². The largest absolute Gasteiger partial charge is 0.416 e. The monoisotopic (exact) mass is 353 g/mol. The van der Waals surface area contributed by atoms with Gasteiger partial charge in [0.1, 0.15) is 0 Å². The number of carbonyl (C=O) groups is 1. The number of morpholine rings is 1. The maximum absolute atomic E-state index is 12.8. The number of hydrogen-bond acceptors (Lipinski definition) is 3. The highest BCUT2D eigenvalue weighted by Crippen LogP contribution is 2.30. The zero-order valence-corrected chi connectivity index (χ0v) is 13.6. The van der Waals surface area contributed by atoms with E-state index in [2.05, 4.69) is 10.2 Å². The van der Waals surface area contributed by atoms with E-state index in [4.69, 9.17) is 4.74 Å². The normalized spacial score (nSPS) is 18.4. The number of aryl methyl sites for hydroxylation is 1. The maximum atomic E-state index is 12.8. The molecule has 1 aromatic heterocycles. The summed E-state index contributed by atoms with van der Waals surface area (Å²) in [6.45, 7) is 2.90. The zero-order valence-electron chi connectivity index (χ0n) is 13.6. The maximum Gasteiger partial charge on any atom is 0.416 e. The van der Waals surface area contributed by atoms with Crippen LogP contribution in [0.25, 0.3) is 0 Å². The van der Waals surface area contributed by atoms with E-state index >= 15 is 0 Å². The molecule has 1 aliphatic heterocycles. The third-order valence-electron chi connectivity index (χ3n) is 4.20. The Labute approximate surface area is 142 Å². The van der Waals surface area contributed by atoms with Gasteiger partial charge in [-0.1, -0.05) is 18.2 Å². The molecule has 0 unspecified atom stereocenters. The third kappa shape index (κ3) is 4.01. The molecule has 2 heterocycles. The lowest BCUT2D eigenvalue weighted by molar-refractivity contribution is -0.137. The third-order valence-corrected chi connectivity index (χ3v) is 4.20. The Kier molecular flexibility index (Phi) is 4.80. The molecular weight excluding hydrogens is 335 g/mol. The SMILES string of the molecule is Cc1[nH]ncc1C(=O)N1CCO[C@H](Cc2cccc(C(F)(F)F)c2)C1. The van der Waals surface area contributed by atoms with Crippen molar-refractivity contribution < 1.29 is 22.7 Å². The van der Waals surface area contributed by atoms with Gasteiger partial charge in [0.25, 0.3) is 5.91 Å². The summed E-state index contributed by atoms with van der Waals surface area (Å²) in [5.41, 5.74) is 1.04. The van der Waals surface area contributed by atoms with Crippen LogP contribution in [-0.4, -0.2) is 46.8 Å². The molecule has 0 saturated carbocycles. The van der Waals surface area contributed by atoms with Gasteiger partial charge in [-0.15, -0.1) is 0 Å². The summed E-state index contributed by atoms with van der Waals surface area (Å²) >= 11 is 0. The highest BCUT2D eigenvalue weighted by atomic mass is 19.4. The van der Waals surface area contributed by atoms with Crippen LogP contribution in [-0.2, 0) is 17.3 Å². The van der Waals surface area contributed by atoms with E-state index in [1.807, 2.05) is 0 Å². The van der Waals surface area contributed by atoms with E-state index < -0.39 is 11.7 Å². The summed E-state index contributed by atoms with van der Waals surface area (Å²) in [5.74, 6) is -0.149. The molecule has 1 saturated heterocycles. The summed E-state index contributed by atoms with van der Waals surface area (Å²) in [6, 6.07) is 5.20. The molecule has 1 aliphatic rings. The van der Waals surface area contributed by atoms with Gasteiger partial charge in [-0.25, -0.2) is 0 Å². The molecule has 8 heteroatoms. The number of aromatic amines is 1. The Morgan fingerprint density at radius 1 is 1.44 bits per heavy atom. The van der Waals surface area contributed by atoms with Gasteiger partial charge < -0.3 is 9.64 Å². The number of carbonyl (C=O) groups excluding carboxylic acids is 1. The van der Waals surface area contributed by atoms with E-state index in [0.29, 0.717) is 42.9 Å². The molecule has 1 N–H and O–H groups in total. The summed E-state index contributed by atoms with van der Waals surface area (Å²) in [7, 11) is 0. The quantitative estimate of drug-likeness (QED) is 0.923. The number of aromatic nitrogens is 2. The average Bonchev–Trinajstić information content (AvgIpc) is 3.00. The van der Waals surface area contributed by atoms with Crippen LogP contribution in [0.3, 0.4) is 0 Å². The molecule has 5 nitrogen and oxygen atoms in total. The standard InChI is InChI=1S/C17H18F3N3O2/c1-11-15(9-21-22-11)16(24)23-5-6-25-14(10-23)8-12-3-2-4-13(7-12)17(18,19)20/h2-4,7,9,14H,5-6,8,10H2,1H3,(H,21,22)/t14-/m1/s1. The van der Waals surface area contributed by atoms with Crippen molar-refractivity contribution in [2.75, 3.05) is 19.7 Å². The number of ether oxygens (including phenoxy) is 1. The first kappa shape index (κ1) is 17.5. The summed E-state index contributed by atoms with van der Waals surface area (Å²) in [5, 5.41) is 6.57. The second kappa shape index (κ2) is 6.87. The van der Waals surface area contributed by atoms with Crippen molar-refractivity contribution >= 4 is 5.91 Å². The van der Waals surface area contributed by atoms with Crippen LogP contribution in [0.15, 0.2) is 30.5 Å². The molecule has 3 rings (SSSR count). The second-order valence-electron chi connectivity index (χ2n) is 6.05. The highest BCUT2D eigenvalue weighted by Gasteiger charge is 2.31. The minimum Gasteiger partial charge on any atom is -0.374 e. The molecule has 1 atom stereocenters. The van der Waals surface area contributed by atoms with Crippen molar-refractivity contribution in [3.05, 3.63) is 52.8 Å². The fourth-order valence-corrected chi connectivity index (χ4v) is 2.90. The van der Waals surface area contributed by atoms with Gasteiger partial charge in [0, 0.05) is 25.2 Å². The van der Waals surface area contributed by atoms with Crippen molar-refractivity contribution in [1.29, 1.82) is 0 Å². The van der Waals surface area contributed by atoms with Crippen LogP contribution in [0, 0.1) is 6.92 Å². The molecular formula is C17H18F3N3O2. The van der Waals surface area contributed by atoms with Crippen molar-refractivity contribution in [2.24, 2.45) is 0 Å². The lowest BCUT2D eigenvalue weighted by atomic mass is 10.0. The fraction of sp³-hybridized carbons (Fsp3) is 0.412. The Balaban J connectivity index is 1.68. The number of nitrogens with one attached hydrogen (secondary N) is 1. The van der Waals surface area contributed by atoms with Crippen molar-refractivity contribution in [2.45, 2.75) is 25.6 Å². The summed E-state index contributed by atoms with van der Waals surface area (Å²) < 4.78 is 44.1. The molecule has 0 radical (unpaired) electrons. The van der Waals surface area contributed by atoms with Crippen LogP contribution in [0.4, 0.5) is 13.2 Å². The van der Waals surface area contributed by atoms with Gasteiger partial charge in [-0.3, -0.25) is 9.89 Å². The van der Waals surface area contributed by atoms with E-state index in [-0.39, 0.29) is 12.0 Å². The molecule has 1 aromatic carbocycles. The first-order chi connectivity index (χ1) is 11.8. The molecule has 1 amide bonds. The van der Waals surface area contributed by atoms with E-state index in [0.717, 1.165) is 12.1 Å². The van der Waals surface area contributed by atoms with Gasteiger partial charge >= 0.3 is 6.18 Å². The first-order valence-corrected chi connectivity index (χ1v) is 7.91. The van der Waals surface area contributed by atoms with Gasteiger partial charge in [-0.05, 0) is 18.6 Å². The molecule has 0 aliphatic carbocycles. The molecule has 134 valence electrons. The minimum absolute atomic E-state index is 0.149. The second-order valence-corrected chi connectivity index (χ2v) is 6.05. The molecule has 25 heavy (non-hydrogen) atoms. The minimum atomic E-state index is -4.37. The van der Waals surface area contributed by atoms with Crippen LogP contribution < -0.4 is 0 Å². The number of benzene rings is 1. The van der Waals surface area contributed by atoms with E-state index in [1.54, 1.807) is 17.9 Å². The van der Waals surface area contributed by atoms with Crippen LogP contribution in [0.2, 0.25) is 0 Å². The van der Waals surface area contributed by atoms with Crippen LogP contribution in [0.1, 0.15) is 27.2 Å². The van der Waals surface area contributed by atoms with Gasteiger partial charge in [-0.2, -0.15) is 18.3 Å². The topological polar surface area (TPSA) is 58.2 Å². The van der Waals surface area contributed by atoms with Crippen molar-refractivity contribution in [3.8, 4) is 0 Å². The number of alkyl halides is 3. The summed E-state index contributed by atoms with van der Waals surface area (Å²) in [4.78, 5) is 14.2. The number of hydrogen-bond donors (Lipinski definition) is 1. The molecule has 2 aromatic rings. The Bertz CT molecular complexity index is 758. The highest BCUT2D eigenvalue weighted by molar-refractivity contribution is 5.95.